The fraction of sp³-hybridized carbons (Fsp3) is 0.357. The van der Waals surface area contributed by atoms with E-state index in [-0.39, 0.29) is 0 Å². The van der Waals surface area contributed by atoms with Crippen molar-refractivity contribution in [3.63, 3.8) is 0 Å². The smallest absolute Gasteiger partial charge is 0.234 e. The van der Waals surface area contributed by atoms with Crippen LogP contribution in [0, 0.1) is 0 Å². The third-order valence-electron chi connectivity index (χ3n) is 2.28. The average molecular weight is 382 g/mol. The highest BCUT2D eigenvalue weighted by Gasteiger charge is 2.35. The first-order valence-electron chi connectivity index (χ1n) is 6.01. The van der Waals surface area contributed by atoms with Crippen molar-refractivity contribution in [1.29, 1.82) is 0 Å². The van der Waals surface area contributed by atoms with Crippen LogP contribution >= 0.6 is 15.9 Å². The molecule has 0 bridgehead atoms. The van der Waals surface area contributed by atoms with Crippen LogP contribution in [0.5, 0.6) is 0 Å². The zero-order chi connectivity index (χ0) is 16.3. The summed E-state index contributed by atoms with van der Waals surface area (Å²) in [5.74, 6) is 0. The highest BCUT2D eigenvalue weighted by atomic mass is 79.9. The molecule has 0 heterocycles. The molecular formula is C14H15BrF3NOS. The maximum atomic E-state index is 12.9. The number of halogens is 4. The highest BCUT2D eigenvalue weighted by Crippen LogP contribution is 2.22. The van der Waals surface area contributed by atoms with Gasteiger partial charge in [0.05, 0.1) is 4.75 Å². The molecular weight excluding hydrogens is 367 g/mol. The van der Waals surface area contributed by atoms with Crippen LogP contribution in [0.15, 0.2) is 39.2 Å². The van der Waals surface area contributed by atoms with Crippen LogP contribution < -0.4 is 0 Å². The normalized spacial score (nSPS) is 15.5. The van der Waals surface area contributed by atoms with E-state index in [1.54, 1.807) is 45.0 Å². The summed E-state index contributed by atoms with van der Waals surface area (Å²) >= 11 is 3.24. The standard InChI is InChI=1S/C14H15BrF3NOS/c1-13(2,3)21(20)19-12(14(16,17)18)8-7-10-5-4-6-11(15)9-10/h4-9H,1-3H3/b8-7+,19-12-. The monoisotopic (exact) mass is 381 g/mol. The second kappa shape index (κ2) is 6.87. The van der Waals surface area contributed by atoms with Crippen molar-refractivity contribution in [2.45, 2.75) is 31.7 Å². The summed E-state index contributed by atoms with van der Waals surface area (Å²) in [6.07, 6.45) is -2.52. The Morgan fingerprint density at radius 3 is 2.38 bits per heavy atom. The molecule has 0 aliphatic heterocycles. The van der Waals surface area contributed by atoms with Gasteiger partial charge in [-0.2, -0.15) is 17.6 Å². The summed E-state index contributed by atoms with van der Waals surface area (Å²) in [7, 11) is -1.97. The number of alkyl halides is 3. The molecule has 0 aromatic heterocycles. The Bertz CT molecular complexity index is 589. The molecule has 1 aromatic carbocycles. The summed E-state index contributed by atoms with van der Waals surface area (Å²) < 4.78 is 53.8. The van der Waals surface area contributed by atoms with Crippen LogP contribution in [-0.2, 0) is 11.0 Å². The van der Waals surface area contributed by atoms with Gasteiger partial charge in [0.1, 0.15) is 11.0 Å². The van der Waals surface area contributed by atoms with Gasteiger partial charge >= 0.3 is 6.18 Å². The molecule has 0 radical (unpaired) electrons. The molecule has 0 spiro atoms. The van der Waals surface area contributed by atoms with E-state index in [4.69, 9.17) is 0 Å². The van der Waals surface area contributed by atoms with E-state index in [1.807, 2.05) is 0 Å². The number of benzene rings is 1. The Balaban J connectivity index is 3.11. The maximum Gasteiger partial charge on any atom is 0.434 e. The summed E-state index contributed by atoms with van der Waals surface area (Å²) in [4.78, 5) is 0. The van der Waals surface area contributed by atoms with Gasteiger partial charge in [-0.3, -0.25) is 0 Å². The minimum absolute atomic E-state index is 0.586. The van der Waals surface area contributed by atoms with Crippen molar-refractivity contribution in [3.8, 4) is 0 Å². The molecule has 0 fully saturated rings. The highest BCUT2D eigenvalue weighted by molar-refractivity contribution is 9.10. The molecule has 2 nitrogen and oxygen atoms in total. The van der Waals surface area contributed by atoms with Gasteiger partial charge in [-0.1, -0.05) is 34.1 Å². The van der Waals surface area contributed by atoms with E-state index in [0.29, 0.717) is 5.56 Å². The quantitative estimate of drug-likeness (QED) is 0.682. The van der Waals surface area contributed by atoms with Crippen molar-refractivity contribution in [1.82, 2.24) is 0 Å². The van der Waals surface area contributed by atoms with Crippen molar-refractivity contribution in [2.24, 2.45) is 4.40 Å². The number of allylic oxidation sites excluding steroid dienone is 1. The molecule has 0 amide bonds. The van der Waals surface area contributed by atoms with Crippen LogP contribution in [0.25, 0.3) is 6.08 Å². The first-order chi connectivity index (χ1) is 9.50. The molecule has 1 unspecified atom stereocenters. The van der Waals surface area contributed by atoms with Crippen molar-refractivity contribution < 1.29 is 17.4 Å². The molecule has 0 N–H and O–H groups in total. The van der Waals surface area contributed by atoms with Crippen molar-refractivity contribution in [2.75, 3.05) is 0 Å². The maximum absolute atomic E-state index is 12.9. The third-order valence-corrected chi connectivity index (χ3v) is 4.18. The summed E-state index contributed by atoms with van der Waals surface area (Å²) in [6, 6.07) is 6.81. The van der Waals surface area contributed by atoms with Crippen LogP contribution in [0.4, 0.5) is 13.2 Å². The lowest BCUT2D eigenvalue weighted by Gasteiger charge is -2.15. The predicted molar refractivity (Wildman–Crippen MR) is 84.6 cm³/mol. The molecule has 0 aliphatic carbocycles. The Kier molecular flexibility index (Phi) is 5.92. The lowest BCUT2D eigenvalue weighted by Crippen LogP contribution is -2.26. The van der Waals surface area contributed by atoms with Gasteiger partial charge in [0.15, 0.2) is 5.71 Å². The van der Waals surface area contributed by atoms with Gasteiger partial charge in [-0.25, -0.2) is 4.21 Å². The lowest BCUT2D eigenvalue weighted by molar-refractivity contribution is -0.0574. The Labute approximate surface area is 132 Å². The molecule has 1 rings (SSSR count). The van der Waals surface area contributed by atoms with E-state index in [0.717, 1.165) is 10.5 Å². The molecule has 1 aromatic rings. The topological polar surface area (TPSA) is 29.4 Å². The second-order valence-corrected chi connectivity index (χ2v) is 8.05. The molecule has 0 saturated carbocycles. The van der Waals surface area contributed by atoms with Crippen molar-refractivity contribution >= 4 is 38.7 Å². The zero-order valence-corrected chi connectivity index (χ0v) is 14.1. The van der Waals surface area contributed by atoms with Crippen LogP contribution in [0.2, 0.25) is 0 Å². The van der Waals surface area contributed by atoms with Gasteiger partial charge in [-0.05, 0) is 44.5 Å². The Hall–Kier alpha value is -0.950. The Morgan fingerprint density at radius 2 is 1.90 bits per heavy atom. The Morgan fingerprint density at radius 1 is 1.29 bits per heavy atom. The van der Waals surface area contributed by atoms with Gasteiger partial charge < -0.3 is 0 Å². The number of hydrogen-bond acceptors (Lipinski definition) is 1. The second-order valence-electron chi connectivity index (χ2n) is 5.22. The number of hydrogen-bond donors (Lipinski definition) is 0. The SMILES string of the molecule is CC(C)(C)S(=O)/N=C(/C=C/c1cccc(Br)c1)C(F)(F)F. The minimum Gasteiger partial charge on any atom is -0.234 e. The molecule has 7 heteroatoms. The van der Waals surface area contributed by atoms with Crippen molar-refractivity contribution in [3.05, 3.63) is 40.4 Å². The fourth-order valence-corrected chi connectivity index (χ4v) is 2.22. The fourth-order valence-electron chi connectivity index (χ4n) is 1.19. The van der Waals surface area contributed by atoms with Gasteiger partial charge in [0.25, 0.3) is 0 Å². The molecule has 0 saturated heterocycles. The predicted octanol–water partition coefficient (Wildman–Crippen LogP) is 4.93. The first kappa shape index (κ1) is 18.1. The van der Waals surface area contributed by atoms with Gasteiger partial charge in [0.2, 0.25) is 0 Å². The van der Waals surface area contributed by atoms with E-state index in [1.165, 1.54) is 6.08 Å². The van der Waals surface area contributed by atoms with E-state index in [2.05, 4.69) is 20.3 Å². The summed E-state index contributed by atoms with van der Waals surface area (Å²) in [6.45, 7) is 4.70. The largest absolute Gasteiger partial charge is 0.434 e. The van der Waals surface area contributed by atoms with Crippen LogP contribution in [0.1, 0.15) is 26.3 Å². The third kappa shape index (κ3) is 6.13. The molecule has 0 aliphatic rings. The minimum atomic E-state index is -4.65. The average Bonchev–Trinajstić information content (AvgIpc) is 2.31. The molecule has 1 atom stereocenters. The van der Waals surface area contributed by atoms with Gasteiger partial charge in [-0.15, -0.1) is 0 Å². The number of rotatable bonds is 3. The number of nitrogens with zero attached hydrogens (tertiary/aromatic N) is 1. The lowest BCUT2D eigenvalue weighted by atomic mass is 10.2. The summed E-state index contributed by atoms with van der Waals surface area (Å²) in [5, 5.41) is 0. The van der Waals surface area contributed by atoms with Crippen LogP contribution in [-0.4, -0.2) is 20.8 Å². The van der Waals surface area contributed by atoms with Crippen LogP contribution in [0.3, 0.4) is 0 Å². The molecule has 21 heavy (non-hydrogen) atoms. The first-order valence-corrected chi connectivity index (χ1v) is 7.91. The zero-order valence-electron chi connectivity index (χ0n) is 11.7. The summed E-state index contributed by atoms with van der Waals surface area (Å²) in [5.41, 5.74) is -0.571. The van der Waals surface area contributed by atoms with E-state index < -0.39 is 27.6 Å². The molecule has 116 valence electrons. The van der Waals surface area contributed by atoms with E-state index in [9.17, 15) is 17.4 Å². The van der Waals surface area contributed by atoms with Gasteiger partial charge in [0, 0.05) is 4.47 Å². The van der Waals surface area contributed by atoms with E-state index >= 15 is 0 Å².